The number of rotatable bonds is 7. The van der Waals surface area contributed by atoms with E-state index in [-0.39, 0.29) is 11.9 Å². The molecular formula is C17H27NO2. The summed E-state index contributed by atoms with van der Waals surface area (Å²) in [4.78, 5) is 15.1. The Labute approximate surface area is 122 Å². The lowest BCUT2D eigenvalue weighted by atomic mass is 9.83. The van der Waals surface area contributed by atoms with Crippen LogP contribution in [-0.4, -0.2) is 36.4 Å². The molecule has 3 heteroatoms. The highest BCUT2D eigenvalue weighted by Crippen LogP contribution is 2.31. The molecule has 0 aliphatic carbocycles. The number of ketones is 1. The number of para-hydroxylation sites is 1. The molecule has 0 aromatic heterocycles. The molecule has 0 saturated carbocycles. The Hall–Kier alpha value is -1.35. The van der Waals surface area contributed by atoms with Gasteiger partial charge >= 0.3 is 0 Å². The fraction of sp³-hybridized carbons (Fsp3) is 0.588. The molecule has 0 bridgehead atoms. The Morgan fingerprint density at radius 3 is 2.20 bits per heavy atom. The van der Waals surface area contributed by atoms with Crippen LogP contribution in [0.2, 0.25) is 0 Å². The van der Waals surface area contributed by atoms with Gasteiger partial charge in [-0.25, -0.2) is 0 Å². The Kier molecular flexibility index (Phi) is 5.75. The fourth-order valence-electron chi connectivity index (χ4n) is 2.67. The smallest absolute Gasteiger partial charge is 0.186 e. The standard InChI is InChI=1S/C17H27NO2/c1-7-17(8-2,18(5)6)16(19)14-11-9-10-12-15(14)20-13(3)4/h9-13H,7-8H2,1-6H3. The van der Waals surface area contributed by atoms with E-state index in [0.717, 1.165) is 12.8 Å². The van der Waals surface area contributed by atoms with Crippen LogP contribution in [0.1, 0.15) is 50.9 Å². The van der Waals surface area contributed by atoms with Gasteiger partial charge in [0.25, 0.3) is 0 Å². The zero-order valence-electron chi connectivity index (χ0n) is 13.6. The van der Waals surface area contributed by atoms with Crippen molar-refractivity contribution in [1.82, 2.24) is 4.90 Å². The largest absolute Gasteiger partial charge is 0.490 e. The molecule has 0 radical (unpaired) electrons. The monoisotopic (exact) mass is 277 g/mol. The van der Waals surface area contributed by atoms with Crippen molar-refractivity contribution < 1.29 is 9.53 Å². The number of Topliss-reactive ketones (excluding diaryl/α,β-unsaturated/α-hetero) is 1. The van der Waals surface area contributed by atoms with Gasteiger partial charge in [-0.05, 0) is 52.9 Å². The van der Waals surface area contributed by atoms with Gasteiger partial charge < -0.3 is 4.74 Å². The Morgan fingerprint density at radius 2 is 1.75 bits per heavy atom. The number of carbonyl (C=O) groups is 1. The van der Waals surface area contributed by atoms with E-state index in [0.29, 0.717) is 11.3 Å². The molecule has 3 nitrogen and oxygen atoms in total. The Morgan fingerprint density at radius 1 is 1.20 bits per heavy atom. The van der Waals surface area contributed by atoms with E-state index in [4.69, 9.17) is 4.74 Å². The number of nitrogens with zero attached hydrogens (tertiary/aromatic N) is 1. The van der Waals surface area contributed by atoms with Crippen molar-refractivity contribution in [2.24, 2.45) is 0 Å². The maximum atomic E-state index is 13.1. The first kappa shape index (κ1) is 16.7. The van der Waals surface area contributed by atoms with E-state index in [1.807, 2.05) is 57.1 Å². The van der Waals surface area contributed by atoms with Gasteiger partial charge in [-0.3, -0.25) is 9.69 Å². The predicted molar refractivity (Wildman–Crippen MR) is 83.5 cm³/mol. The van der Waals surface area contributed by atoms with Crippen LogP contribution in [0.25, 0.3) is 0 Å². The summed E-state index contributed by atoms with van der Waals surface area (Å²) in [6.07, 6.45) is 1.62. The van der Waals surface area contributed by atoms with Gasteiger partial charge in [-0.2, -0.15) is 0 Å². The molecule has 0 aliphatic rings. The summed E-state index contributed by atoms with van der Waals surface area (Å²) in [5.74, 6) is 0.823. The molecule has 1 aromatic carbocycles. The van der Waals surface area contributed by atoms with Crippen molar-refractivity contribution in [2.75, 3.05) is 14.1 Å². The predicted octanol–water partition coefficient (Wildman–Crippen LogP) is 3.78. The maximum Gasteiger partial charge on any atom is 0.186 e. The van der Waals surface area contributed by atoms with E-state index in [2.05, 4.69) is 13.8 Å². The molecule has 0 heterocycles. The average molecular weight is 277 g/mol. The van der Waals surface area contributed by atoms with Crippen LogP contribution in [0.4, 0.5) is 0 Å². The fourth-order valence-corrected chi connectivity index (χ4v) is 2.67. The zero-order chi connectivity index (χ0) is 15.3. The molecule has 0 saturated heterocycles. The first-order chi connectivity index (χ1) is 9.39. The summed E-state index contributed by atoms with van der Waals surface area (Å²) in [7, 11) is 3.94. The normalized spacial score (nSPS) is 12.0. The van der Waals surface area contributed by atoms with Crippen molar-refractivity contribution in [1.29, 1.82) is 0 Å². The molecular weight excluding hydrogens is 250 g/mol. The SMILES string of the molecule is CCC(CC)(C(=O)c1ccccc1OC(C)C)N(C)C. The summed E-state index contributed by atoms with van der Waals surface area (Å²) in [6.45, 7) is 8.07. The number of hydrogen-bond acceptors (Lipinski definition) is 3. The van der Waals surface area contributed by atoms with Crippen molar-refractivity contribution >= 4 is 5.78 Å². The first-order valence-electron chi connectivity index (χ1n) is 7.37. The second-order valence-corrected chi connectivity index (χ2v) is 5.63. The summed E-state index contributed by atoms with van der Waals surface area (Å²) in [6, 6.07) is 7.54. The number of benzene rings is 1. The number of ether oxygens (including phenoxy) is 1. The van der Waals surface area contributed by atoms with Gasteiger partial charge in [-0.15, -0.1) is 0 Å². The highest BCUT2D eigenvalue weighted by Gasteiger charge is 2.38. The van der Waals surface area contributed by atoms with Gasteiger partial charge in [0.1, 0.15) is 5.75 Å². The molecule has 0 fully saturated rings. The minimum atomic E-state index is -0.462. The lowest BCUT2D eigenvalue weighted by molar-refractivity contribution is 0.0650. The topological polar surface area (TPSA) is 29.5 Å². The minimum absolute atomic E-state index is 0.0564. The summed E-state index contributed by atoms with van der Waals surface area (Å²) in [5.41, 5.74) is 0.217. The summed E-state index contributed by atoms with van der Waals surface area (Å²) in [5, 5.41) is 0. The number of carbonyl (C=O) groups excluding carboxylic acids is 1. The van der Waals surface area contributed by atoms with Crippen molar-refractivity contribution in [3.8, 4) is 5.75 Å². The van der Waals surface area contributed by atoms with Crippen LogP contribution >= 0.6 is 0 Å². The van der Waals surface area contributed by atoms with E-state index in [9.17, 15) is 4.79 Å². The van der Waals surface area contributed by atoms with Crippen LogP contribution in [-0.2, 0) is 0 Å². The summed E-state index contributed by atoms with van der Waals surface area (Å²) < 4.78 is 5.79. The van der Waals surface area contributed by atoms with Gasteiger partial charge in [0, 0.05) is 0 Å². The molecule has 20 heavy (non-hydrogen) atoms. The third-order valence-corrected chi connectivity index (χ3v) is 3.94. The second-order valence-electron chi connectivity index (χ2n) is 5.63. The molecule has 0 atom stereocenters. The van der Waals surface area contributed by atoms with E-state index in [1.54, 1.807) is 0 Å². The van der Waals surface area contributed by atoms with Gasteiger partial charge in [0.05, 0.1) is 17.2 Å². The highest BCUT2D eigenvalue weighted by molar-refractivity contribution is 6.05. The highest BCUT2D eigenvalue weighted by atomic mass is 16.5. The lowest BCUT2D eigenvalue weighted by Gasteiger charge is -2.37. The summed E-state index contributed by atoms with van der Waals surface area (Å²) >= 11 is 0. The third kappa shape index (κ3) is 3.21. The van der Waals surface area contributed by atoms with E-state index in [1.165, 1.54) is 0 Å². The third-order valence-electron chi connectivity index (χ3n) is 3.94. The molecule has 1 aromatic rings. The average Bonchev–Trinajstić information content (AvgIpc) is 2.40. The van der Waals surface area contributed by atoms with E-state index < -0.39 is 5.54 Å². The number of likely N-dealkylation sites (N-methyl/N-ethyl adjacent to an activating group) is 1. The van der Waals surface area contributed by atoms with Gasteiger partial charge in [0.2, 0.25) is 0 Å². The van der Waals surface area contributed by atoms with Crippen molar-refractivity contribution in [2.45, 2.75) is 52.2 Å². The maximum absolute atomic E-state index is 13.1. The molecule has 112 valence electrons. The Bertz CT molecular complexity index is 448. The minimum Gasteiger partial charge on any atom is -0.490 e. The second kappa shape index (κ2) is 6.89. The van der Waals surface area contributed by atoms with Gasteiger partial charge in [-0.1, -0.05) is 26.0 Å². The van der Waals surface area contributed by atoms with Crippen LogP contribution in [0.15, 0.2) is 24.3 Å². The number of hydrogen-bond donors (Lipinski definition) is 0. The van der Waals surface area contributed by atoms with Crippen LogP contribution < -0.4 is 4.74 Å². The lowest BCUT2D eigenvalue weighted by Crippen LogP contribution is -2.50. The quantitative estimate of drug-likeness (QED) is 0.710. The zero-order valence-corrected chi connectivity index (χ0v) is 13.6. The molecule has 0 spiro atoms. The molecule has 0 amide bonds. The molecule has 1 rings (SSSR count). The van der Waals surface area contributed by atoms with Crippen LogP contribution in [0.3, 0.4) is 0 Å². The van der Waals surface area contributed by atoms with Crippen LogP contribution in [0, 0.1) is 0 Å². The molecule has 0 N–H and O–H groups in total. The van der Waals surface area contributed by atoms with Crippen molar-refractivity contribution in [3.63, 3.8) is 0 Å². The van der Waals surface area contributed by atoms with Crippen LogP contribution in [0.5, 0.6) is 5.75 Å². The van der Waals surface area contributed by atoms with Gasteiger partial charge in [0.15, 0.2) is 5.78 Å². The molecule has 0 unspecified atom stereocenters. The van der Waals surface area contributed by atoms with E-state index >= 15 is 0 Å². The van der Waals surface area contributed by atoms with Crippen molar-refractivity contribution in [3.05, 3.63) is 29.8 Å². The first-order valence-corrected chi connectivity index (χ1v) is 7.37. The Balaban J connectivity index is 3.26. The molecule has 0 aliphatic heterocycles.